The molecule has 3 unspecified atom stereocenters. The molecule has 4 heteroatoms. The lowest BCUT2D eigenvalue weighted by molar-refractivity contribution is -0.137. The van der Waals surface area contributed by atoms with Crippen molar-refractivity contribution in [1.29, 1.82) is 0 Å². The lowest BCUT2D eigenvalue weighted by Gasteiger charge is -2.43. The van der Waals surface area contributed by atoms with Gasteiger partial charge in [0.15, 0.2) is 0 Å². The van der Waals surface area contributed by atoms with E-state index in [9.17, 15) is 18.3 Å². The highest BCUT2D eigenvalue weighted by Crippen LogP contribution is 2.46. The zero-order valence-electron chi connectivity index (χ0n) is 12.1. The number of rotatable bonds is 1. The fourth-order valence-electron chi connectivity index (χ4n) is 3.35. The molecule has 1 aromatic rings. The molecule has 20 heavy (non-hydrogen) atoms. The highest BCUT2D eigenvalue weighted by Gasteiger charge is 2.42. The SMILES string of the molecule is Cc1cc(C(F)(F)F)ccc1C1(O)CCCC(C)C1C. The maximum atomic E-state index is 12.7. The Kier molecular flexibility index (Phi) is 3.89. The summed E-state index contributed by atoms with van der Waals surface area (Å²) in [5.41, 5.74) is -0.502. The van der Waals surface area contributed by atoms with Crippen LogP contribution in [0, 0.1) is 18.8 Å². The molecular formula is C16H21F3O. The number of aryl methyl sites for hydroxylation is 1. The van der Waals surface area contributed by atoms with Crippen LogP contribution in [-0.4, -0.2) is 5.11 Å². The van der Waals surface area contributed by atoms with Crippen LogP contribution in [0.15, 0.2) is 18.2 Å². The summed E-state index contributed by atoms with van der Waals surface area (Å²) in [6.45, 7) is 5.73. The molecule has 1 aliphatic carbocycles. The Balaban J connectivity index is 2.42. The van der Waals surface area contributed by atoms with E-state index in [1.54, 1.807) is 6.92 Å². The van der Waals surface area contributed by atoms with Crippen LogP contribution in [-0.2, 0) is 11.8 Å². The maximum absolute atomic E-state index is 12.7. The molecule has 0 heterocycles. The van der Waals surface area contributed by atoms with Gasteiger partial charge in [0.1, 0.15) is 0 Å². The molecule has 1 aliphatic rings. The summed E-state index contributed by atoms with van der Waals surface area (Å²) in [5.74, 6) is 0.419. The Morgan fingerprint density at radius 3 is 2.45 bits per heavy atom. The monoisotopic (exact) mass is 286 g/mol. The van der Waals surface area contributed by atoms with Gasteiger partial charge in [-0.1, -0.05) is 26.3 Å². The van der Waals surface area contributed by atoms with Gasteiger partial charge in [-0.15, -0.1) is 0 Å². The Hall–Kier alpha value is -1.03. The average molecular weight is 286 g/mol. The summed E-state index contributed by atoms with van der Waals surface area (Å²) in [7, 11) is 0. The number of benzene rings is 1. The standard InChI is InChI=1S/C16H21F3O/c1-10-5-4-8-15(20,12(10)3)14-7-6-13(9-11(14)2)16(17,18)19/h6-7,9-10,12,20H,4-5,8H2,1-3H3. The van der Waals surface area contributed by atoms with Crippen LogP contribution >= 0.6 is 0 Å². The summed E-state index contributed by atoms with van der Waals surface area (Å²) < 4.78 is 38.1. The predicted octanol–water partition coefficient (Wildman–Crippen LogP) is 4.66. The number of hydrogen-bond donors (Lipinski definition) is 1. The Bertz CT molecular complexity index is 495. The average Bonchev–Trinajstić information content (AvgIpc) is 2.34. The fourth-order valence-corrected chi connectivity index (χ4v) is 3.35. The molecule has 0 saturated heterocycles. The van der Waals surface area contributed by atoms with Crippen LogP contribution < -0.4 is 0 Å². The highest BCUT2D eigenvalue weighted by molar-refractivity contribution is 5.37. The van der Waals surface area contributed by atoms with Crippen LogP contribution in [0.1, 0.15) is 49.8 Å². The van der Waals surface area contributed by atoms with Crippen LogP contribution in [0.3, 0.4) is 0 Å². The van der Waals surface area contributed by atoms with Crippen molar-refractivity contribution < 1.29 is 18.3 Å². The third-order valence-electron chi connectivity index (χ3n) is 4.84. The molecule has 1 saturated carbocycles. The molecule has 1 nitrogen and oxygen atoms in total. The zero-order valence-corrected chi connectivity index (χ0v) is 12.1. The predicted molar refractivity (Wildman–Crippen MR) is 72.3 cm³/mol. The van der Waals surface area contributed by atoms with Crippen molar-refractivity contribution in [2.24, 2.45) is 11.8 Å². The number of alkyl halides is 3. The van der Waals surface area contributed by atoms with Gasteiger partial charge >= 0.3 is 6.18 Å². The minimum atomic E-state index is -4.34. The van der Waals surface area contributed by atoms with Crippen molar-refractivity contribution in [3.63, 3.8) is 0 Å². The van der Waals surface area contributed by atoms with Crippen LogP contribution in [0.2, 0.25) is 0 Å². The van der Waals surface area contributed by atoms with Gasteiger partial charge in [0.25, 0.3) is 0 Å². The molecule has 1 N–H and O–H groups in total. The smallest absolute Gasteiger partial charge is 0.385 e. The zero-order chi connectivity index (χ0) is 15.1. The fraction of sp³-hybridized carbons (Fsp3) is 0.625. The first-order chi connectivity index (χ1) is 9.16. The first kappa shape index (κ1) is 15.4. The van der Waals surface area contributed by atoms with Gasteiger partial charge in [0.05, 0.1) is 11.2 Å². The lowest BCUT2D eigenvalue weighted by Crippen LogP contribution is -2.41. The molecular weight excluding hydrogens is 265 g/mol. The van der Waals surface area contributed by atoms with E-state index in [0.717, 1.165) is 25.0 Å². The van der Waals surface area contributed by atoms with Crippen molar-refractivity contribution in [3.8, 4) is 0 Å². The minimum Gasteiger partial charge on any atom is -0.385 e. The van der Waals surface area contributed by atoms with Gasteiger partial charge in [-0.2, -0.15) is 13.2 Å². The molecule has 3 atom stereocenters. The van der Waals surface area contributed by atoms with E-state index < -0.39 is 17.3 Å². The van der Waals surface area contributed by atoms with Crippen molar-refractivity contribution >= 4 is 0 Å². The van der Waals surface area contributed by atoms with Gasteiger partial charge in [0, 0.05) is 0 Å². The van der Waals surface area contributed by atoms with Crippen LogP contribution in [0.25, 0.3) is 0 Å². The first-order valence-corrected chi connectivity index (χ1v) is 7.07. The number of halogens is 3. The van der Waals surface area contributed by atoms with Gasteiger partial charge in [-0.3, -0.25) is 0 Å². The number of aliphatic hydroxyl groups is 1. The molecule has 0 spiro atoms. The molecule has 0 bridgehead atoms. The van der Waals surface area contributed by atoms with Crippen molar-refractivity contribution in [2.75, 3.05) is 0 Å². The van der Waals surface area contributed by atoms with E-state index >= 15 is 0 Å². The van der Waals surface area contributed by atoms with E-state index in [0.29, 0.717) is 23.5 Å². The van der Waals surface area contributed by atoms with Crippen molar-refractivity contribution in [2.45, 2.75) is 51.8 Å². The first-order valence-electron chi connectivity index (χ1n) is 7.07. The van der Waals surface area contributed by atoms with E-state index in [2.05, 4.69) is 6.92 Å². The summed E-state index contributed by atoms with van der Waals surface area (Å²) in [4.78, 5) is 0. The second kappa shape index (κ2) is 5.06. The van der Waals surface area contributed by atoms with Crippen molar-refractivity contribution in [1.82, 2.24) is 0 Å². The molecule has 0 aliphatic heterocycles. The van der Waals surface area contributed by atoms with Crippen LogP contribution in [0.5, 0.6) is 0 Å². The third-order valence-corrected chi connectivity index (χ3v) is 4.84. The Morgan fingerprint density at radius 1 is 1.25 bits per heavy atom. The minimum absolute atomic E-state index is 0.0479. The molecule has 112 valence electrons. The van der Waals surface area contributed by atoms with E-state index in [-0.39, 0.29) is 5.92 Å². The summed E-state index contributed by atoms with van der Waals surface area (Å²) in [6.07, 6.45) is -1.76. The summed E-state index contributed by atoms with van der Waals surface area (Å²) in [6, 6.07) is 3.66. The van der Waals surface area contributed by atoms with Gasteiger partial charge < -0.3 is 5.11 Å². The highest BCUT2D eigenvalue weighted by atomic mass is 19.4. The van der Waals surface area contributed by atoms with E-state index in [1.165, 1.54) is 6.07 Å². The largest absolute Gasteiger partial charge is 0.416 e. The van der Waals surface area contributed by atoms with Crippen LogP contribution in [0.4, 0.5) is 13.2 Å². The third kappa shape index (κ3) is 2.58. The second-order valence-corrected chi connectivity index (χ2v) is 6.11. The van der Waals surface area contributed by atoms with E-state index in [4.69, 9.17) is 0 Å². The summed E-state index contributed by atoms with van der Waals surface area (Å²) >= 11 is 0. The maximum Gasteiger partial charge on any atom is 0.416 e. The molecule has 0 amide bonds. The van der Waals surface area contributed by atoms with E-state index in [1.807, 2.05) is 6.92 Å². The lowest BCUT2D eigenvalue weighted by atomic mass is 9.66. The number of hydrogen-bond acceptors (Lipinski definition) is 1. The quantitative estimate of drug-likeness (QED) is 0.796. The van der Waals surface area contributed by atoms with Crippen molar-refractivity contribution in [3.05, 3.63) is 34.9 Å². The molecule has 0 aromatic heterocycles. The van der Waals surface area contributed by atoms with Gasteiger partial charge in [0.2, 0.25) is 0 Å². The normalized spacial score (nSPS) is 31.4. The molecule has 2 rings (SSSR count). The molecule has 1 aromatic carbocycles. The molecule has 0 radical (unpaired) electrons. The Morgan fingerprint density at radius 2 is 1.90 bits per heavy atom. The Labute approximate surface area is 117 Å². The molecule has 1 fully saturated rings. The second-order valence-electron chi connectivity index (χ2n) is 6.11. The van der Waals surface area contributed by atoms with Gasteiger partial charge in [-0.05, 0) is 54.9 Å². The van der Waals surface area contributed by atoms with Gasteiger partial charge in [-0.25, -0.2) is 0 Å². The topological polar surface area (TPSA) is 20.2 Å². The summed E-state index contributed by atoms with van der Waals surface area (Å²) in [5, 5.41) is 11.0.